The number of carbonyl (C=O) groups is 1. The van der Waals surface area contributed by atoms with Crippen LogP contribution in [0.3, 0.4) is 0 Å². The maximum atomic E-state index is 12.6. The quantitative estimate of drug-likeness (QED) is 0.797. The van der Waals surface area contributed by atoms with E-state index < -0.39 is 23.3 Å². The third kappa shape index (κ3) is 5.38. The molecule has 0 heterocycles. The molecule has 0 aliphatic heterocycles. The van der Waals surface area contributed by atoms with Gasteiger partial charge in [-0.05, 0) is 39.0 Å². The van der Waals surface area contributed by atoms with E-state index >= 15 is 0 Å². The molecular weight excluding hydrogens is 281 g/mol. The Bertz CT molecular complexity index is 481. The summed E-state index contributed by atoms with van der Waals surface area (Å²) in [7, 11) is 0. The van der Waals surface area contributed by atoms with E-state index in [1.54, 1.807) is 20.8 Å². The molecule has 0 aliphatic rings. The van der Waals surface area contributed by atoms with Gasteiger partial charge in [-0.15, -0.1) is 0 Å². The van der Waals surface area contributed by atoms with Crippen LogP contribution in [0.2, 0.25) is 5.02 Å². The molecule has 1 aromatic rings. The van der Waals surface area contributed by atoms with E-state index in [4.69, 9.17) is 11.6 Å². The van der Waals surface area contributed by atoms with Crippen molar-refractivity contribution in [2.45, 2.75) is 32.5 Å². The molecular formula is C12H14ClF3N2O. The Kier molecular flexibility index (Phi) is 4.35. The number of benzene rings is 1. The summed E-state index contributed by atoms with van der Waals surface area (Å²) in [6, 6.07) is 2.28. The number of amides is 2. The molecule has 0 fully saturated rings. The fourth-order valence-electron chi connectivity index (χ4n) is 1.33. The Balaban J connectivity index is 2.91. The number of nitrogens with one attached hydrogen (secondary N) is 2. The van der Waals surface area contributed by atoms with Crippen molar-refractivity contribution in [2.24, 2.45) is 0 Å². The lowest BCUT2D eigenvalue weighted by molar-refractivity contribution is -0.137. The van der Waals surface area contributed by atoms with Gasteiger partial charge in [0.2, 0.25) is 0 Å². The number of urea groups is 1. The first-order valence-corrected chi connectivity index (χ1v) is 5.82. The predicted molar refractivity (Wildman–Crippen MR) is 68.4 cm³/mol. The molecule has 2 N–H and O–H groups in total. The van der Waals surface area contributed by atoms with Gasteiger partial charge in [0.15, 0.2) is 0 Å². The monoisotopic (exact) mass is 294 g/mol. The van der Waals surface area contributed by atoms with Gasteiger partial charge in [0.1, 0.15) is 0 Å². The van der Waals surface area contributed by atoms with Gasteiger partial charge in [0, 0.05) is 16.2 Å². The molecule has 19 heavy (non-hydrogen) atoms. The Morgan fingerprint density at radius 2 is 1.74 bits per heavy atom. The zero-order valence-corrected chi connectivity index (χ0v) is 11.4. The van der Waals surface area contributed by atoms with E-state index in [0.29, 0.717) is 0 Å². The van der Waals surface area contributed by atoms with Gasteiger partial charge in [0.05, 0.1) is 5.56 Å². The van der Waals surface area contributed by atoms with Crippen LogP contribution >= 0.6 is 11.6 Å². The molecule has 2 amide bonds. The molecule has 0 bridgehead atoms. The first-order chi connectivity index (χ1) is 8.47. The van der Waals surface area contributed by atoms with Gasteiger partial charge in [-0.3, -0.25) is 0 Å². The molecule has 0 radical (unpaired) electrons. The van der Waals surface area contributed by atoms with E-state index in [2.05, 4.69) is 10.6 Å². The molecule has 1 rings (SSSR count). The third-order valence-corrected chi connectivity index (χ3v) is 2.19. The number of hydrogen-bond acceptors (Lipinski definition) is 1. The normalized spacial score (nSPS) is 12.2. The van der Waals surface area contributed by atoms with Crippen molar-refractivity contribution in [1.82, 2.24) is 5.32 Å². The van der Waals surface area contributed by atoms with Gasteiger partial charge in [-0.1, -0.05) is 11.6 Å². The number of rotatable bonds is 1. The van der Waals surface area contributed by atoms with Crippen LogP contribution in [0.5, 0.6) is 0 Å². The van der Waals surface area contributed by atoms with Crippen molar-refractivity contribution >= 4 is 23.3 Å². The topological polar surface area (TPSA) is 41.1 Å². The fourth-order valence-corrected chi connectivity index (χ4v) is 1.56. The summed E-state index contributed by atoms with van der Waals surface area (Å²) in [4.78, 5) is 11.6. The van der Waals surface area contributed by atoms with Crippen LogP contribution < -0.4 is 10.6 Å². The second kappa shape index (κ2) is 5.28. The minimum absolute atomic E-state index is 0.0124. The molecule has 0 atom stereocenters. The number of hydrogen-bond donors (Lipinski definition) is 2. The molecule has 0 saturated carbocycles. The fraction of sp³-hybridized carbons (Fsp3) is 0.417. The number of anilines is 1. The van der Waals surface area contributed by atoms with Crippen LogP contribution in [-0.2, 0) is 6.18 Å². The lowest BCUT2D eigenvalue weighted by Crippen LogP contribution is -2.43. The standard InChI is InChI=1S/C12H14ClF3N2O/c1-11(2,3)18-10(19)17-9-5-7(12(14,15)16)4-8(13)6-9/h4-6H,1-3H3,(H2,17,18,19). The van der Waals surface area contributed by atoms with Gasteiger partial charge in [-0.2, -0.15) is 13.2 Å². The van der Waals surface area contributed by atoms with Crippen LogP contribution in [0.1, 0.15) is 26.3 Å². The molecule has 3 nitrogen and oxygen atoms in total. The molecule has 0 aromatic heterocycles. The molecule has 0 saturated heterocycles. The van der Waals surface area contributed by atoms with Crippen molar-refractivity contribution in [3.63, 3.8) is 0 Å². The summed E-state index contributed by atoms with van der Waals surface area (Å²) in [5.74, 6) is 0. The Morgan fingerprint density at radius 3 is 2.21 bits per heavy atom. The Labute approximate surface area is 114 Å². The van der Waals surface area contributed by atoms with Gasteiger partial charge in [-0.25, -0.2) is 4.79 Å². The van der Waals surface area contributed by atoms with E-state index in [-0.39, 0.29) is 10.7 Å². The summed E-state index contributed by atoms with van der Waals surface area (Å²) >= 11 is 5.60. The maximum absolute atomic E-state index is 12.6. The van der Waals surface area contributed by atoms with Crippen LogP contribution in [0.15, 0.2) is 18.2 Å². The minimum atomic E-state index is -4.51. The maximum Gasteiger partial charge on any atom is 0.416 e. The smallest absolute Gasteiger partial charge is 0.333 e. The highest BCUT2D eigenvalue weighted by molar-refractivity contribution is 6.31. The zero-order valence-electron chi connectivity index (χ0n) is 10.7. The van der Waals surface area contributed by atoms with Gasteiger partial charge < -0.3 is 10.6 Å². The molecule has 1 aromatic carbocycles. The van der Waals surface area contributed by atoms with Gasteiger partial charge in [0.25, 0.3) is 0 Å². The van der Waals surface area contributed by atoms with Crippen molar-refractivity contribution in [2.75, 3.05) is 5.32 Å². The van der Waals surface area contributed by atoms with Crippen LogP contribution in [0.25, 0.3) is 0 Å². The first kappa shape index (κ1) is 15.6. The molecule has 0 spiro atoms. The van der Waals surface area contributed by atoms with Crippen molar-refractivity contribution < 1.29 is 18.0 Å². The highest BCUT2D eigenvalue weighted by Crippen LogP contribution is 2.33. The van der Waals surface area contributed by atoms with E-state index in [9.17, 15) is 18.0 Å². The van der Waals surface area contributed by atoms with Gasteiger partial charge >= 0.3 is 12.2 Å². The molecule has 7 heteroatoms. The average molecular weight is 295 g/mol. The largest absolute Gasteiger partial charge is 0.416 e. The summed E-state index contributed by atoms with van der Waals surface area (Å²) in [5, 5.41) is 4.79. The van der Waals surface area contributed by atoms with Crippen LogP contribution in [0.4, 0.5) is 23.7 Å². The molecule has 106 valence electrons. The highest BCUT2D eigenvalue weighted by atomic mass is 35.5. The third-order valence-electron chi connectivity index (χ3n) is 1.97. The van der Waals surface area contributed by atoms with Crippen molar-refractivity contribution in [3.05, 3.63) is 28.8 Å². The lowest BCUT2D eigenvalue weighted by Gasteiger charge is -2.21. The highest BCUT2D eigenvalue weighted by Gasteiger charge is 2.31. The number of carbonyl (C=O) groups excluding carboxylic acids is 1. The van der Waals surface area contributed by atoms with E-state index in [1.165, 1.54) is 6.07 Å². The summed E-state index contributed by atoms with van der Waals surface area (Å²) < 4.78 is 37.7. The average Bonchev–Trinajstić information content (AvgIpc) is 2.11. The lowest BCUT2D eigenvalue weighted by atomic mass is 10.1. The predicted octanol–water partition coefficient (Wildman–Crippen LogP) is 4.28. The Morgan fingerprint density at radius 1 is 1.16 bits per heavy atom. The van der Waals surface area contributed by atoms with Crippen LogP contribution in [-0.4, -0.2) is 11.6 Å². The Hall–Kier alpha value is -1.43. The summed E-state index contributed by atoms with van der Waals surface area (Å²) in [6.45, 7) is 5.27. The second-order valence-electron chi connectivity index (χ2n) is 5.06. The summed E-state index contributed by atoms with van der Waals surface area (Å²) in [6.07, 6.45) is -4.51. The van der Waals surface area contributed by atoms with E-state index in [0.717, 1.165) is 12.1 Å². The second-order valence-corrected chi connectivity index (χ2v) is 5.49. The van der Waals surface area contributed by atoms with E-state index in [1.807, 2.05) is 0 Å². The summed E-state index contributed by atoms with van der Waals surface area (Å²) in [5.41, 5.74) is -1.41. The minimum Gasteiger partial charge on any atom is -0.333 e. The molecule has 0 aliphatic carbocycles. The zero-order chi connectivity index (χ0) is 14.8. The first-order valence-electron chi connectivity index (χ1n) is 5.44. The van der Waals surface area contributed by atoms with Crippen LogP contribution in [0, 0.1) is 0 Å². The number of halogens is 4. The number of alkyl halides is 3. The SMILES string of the molecule is CC(C)(C)NC(=O)Nc1cc(Cl)cc(C(F)(F)F)c1. The van der Waals surface area contributed by atoms with Crippen molar-refractivity contribution in [1.29, 1.82) is 0 Å². The van der Waals surface area contributed by atoms with Crippen molar-refractivity contribution in [3.8, 4) is 0 Å². The molecule has 0 unspecified atom stereocenters.